The monoisotopic (exact) mass is 288 g/mol. The summed E-state index contributed by atoms with van der Waals surface area (Å²) in [4.78, 5) is 0. The molecule has 5 heteroatoms. The molecule has 2 rings (SSSR count). The fourth-order valence-electron chi connectivity index (χ4n) is 2.24. The molecule has 0 aliphatic rings. The summed E-state index contributed by atoms with van der Waals surface area (Å²) in [6.07, 6.45) is 2.62. The van der Waals surface area contributed by atoms with Crippen molar-refractivity contribution in [3.05, 3.63) is 41.7 Å². The van der Waals surface area contributed by atoms with Crippen molar-refractivity contribution < 1.29 is 5.11 Å². The van der Waals surface area contributed by atoms with Gasteiger partial charge in [0.25, 0.3) is 0 Å². The number of rotatable bonds is 6. The Balaban J connectivity index is 2.02. The van der Waals surface area contributed by atoms with Crippen molar-refractivity contribution in [3.63, 3.8) is 0 Å². The van der Waals surface area contributed by atoms with E-state index >= 15 is 0 Å². The van der Waals surface area contributed by atoms with E-state index in [1.54, 1.807) is 4.68 Å². The second kappa shape index (κ2) is 6.72. The first kappa shape index (κ1) is 15.5. The largest absolute Gasteiger partial charge is 0.396 e. The summed E-state index contributed by atoms with van der Waals surface area (Å²) >= 11 is 0. The number of nitrogens with one attached hydrogen (secondary N) is 1. The molecule has 0 bridgehead atoms. The third-order valence-electron chi connectivity index (χ3n) is 3.33. The van der Waals surface area contributed by atoms with Gasteiger partial charge in [0, 0.05) is 18.8 Å². The summed E-state index contributed by atoms with van der Waals surface area (Å²) in [7, 11) is 0. The maximum absolute atomic E-state index is 8.82. The summed E-state index contributed by atoms with van der Waals surface area (Å²) in [6.45, 7) is 8.14. The Kier molecular flexibility index (Phi) is 4.96. The molecule has 0 saturated heterocycles. The Hall–Kier alpha value is -1.88. The lowest BCUT2D eigenvalue weighted by Gasteiger charge is -2.23. The van der Waals surface area contributed by atoms with Crippen molar-refractivity contribution in [1.82, 2.24) is 15.0 Å². The van der Waals surface area contributed by atoms with Gasteiger partial charge >= 0.3 is 0 Å². The average molecular weight is 288 g/mol. The predicted molar refractivity (Wildman–Crippen MR) is 84.2 cm³/mol. The molecule has 0 radical (unpaired) electrons. The number of aryl methyl sites for hydroxylation is 1. The first-order chi connectivity index (χ1) is 10.0. The van der Waals surface area contributed by atoms with Crippen molar-refractivity contribution in [2.24, 2.45) is 0 Å². The summed E-state index contributed by atoms with van der Waals surface area (Å²) in [5.41, 5.74) is 3.42. The van der Waals surface area contributed by atoms with E-state index in [2.05, 4.69) is 54.6 Å². The van der Waals surface area contributed by atoms with Gasteiger partial charge in [-0.3, -0.25) is 4.68 Å². The van der Waals surface area contributed by atoms with Crippen LogP contribution in [0.2, 0.25) is 0 Å². The van der Waals surface area contributed by atoms with E-state index in [1.165, 1.54) is 5.56 Å². The van der Waals surface area contributed by atoms with Gasteiger partial charge in [0.15, 0.2) is 0 Å². The van der Waals surface area contributed by atoms with Crippen LogP contribution in [0.3, 0.4) is 0 Å². The normalized spacial score (nSPS) is 11.6. The summed E-state index contributed by atoms with van der Waals surface area (Å²) in [5.74, 6) is 0. The van der Waals surface area contributed by atoms with E-state index in [0.29, 0.717) is 19.5 Å². The molecule has 1 aromatic heterocycles. The minimum Gasteiger partial charge on any atom is -0.396 e. The van der Waals surface area contributed by atoms with Gasteiger partial charge in [-0.15, -0.1) is 5.10 Å². The fraction of sp³-hybridized carbons (Fsp3) is 0.500. The van der Waals surface area contributed by atoms with Gasteiger partial charge in [-0.1, -0.05) is 44.2 Å². The average Bonchev–Trinajstić information content (AvgIpc) is 2.90. The molecule has 0 aliphatic carbocycles. The highest BCUT2D eigenvalue weighted by Gasteiger charge is 2.17. The maximum Gasteiger partial charge on any atom is 0.102 e. The van der Waals surface area contributed by atoms with E-state index in [-0.39, 0.29) is 12.0 Å². The van der Waals surface area contributed by atoms with E-state index in [9.17, 15) is 0 Å². The number of aliphatic hydroxyl groups excluding tert-OH is 1. The highest BCUT2D eigenvalue weighted by molar-refractivity contribution is 5.54. The van der Waals surface area contributed by atoms with E-state index in [0.717, 1.165) is 11.4 Å². The Morgan fingerprint density at radius 1 is 1.24 bits per heavy atom. The molecule has 5 nitrogen and oxygen atoms in total. The van der Waals surface area contributed by atoms with Crippen LogP contribution in [0.1, 0.15) is 38.4 Å². The molecule has 0 saturated carbocycles. The lowest BCUT2D eigenvalue weighted by molar-refractivity contribution is 0.276. The van der Waals surface area contributed by atoms with Gasteiger partial charge in [0.2, 0.25) is 0 Å². The van der Waals surface area contributed by atoms with E-state index < -0.39 is 0 Å². The molecule has 1 aromatic carbocycles. The molecule has 0 spiro atoms. The summed E-state index contributed by atoms with van der Waals surface area (Å²) in [5, 5.41) is 20.5. The third-order valence-corrected chi connectivity index (χ3v) is 3.33. The summed E-state index contributed by atoms with van der Waals surface area (Å²) in [6, 6.07) is 8.35. The first-order valence-electron chi connectivity index (χ1n) is 7.34. The van der Waals surface area contributed by atoms with Crippen LogP contribution < -0.4 is 5.32 Å². The van der Waals surface area contributed by atoms with E-state index in [1.807, 2.05) is 12.3 Å². The minimum absolute atomic E-state index is 0.0995. The van der Waals surface area contributed by atoms with Crippen molar-refractivity contribution in [3.8, 4) is 0 Å². The van der Waals surface area contributed by atoms with Crippen LogP contribution >= 0.6 is 0 Å². The highest BCUT2D eigenvalue weighted by atomic mass is 16.3. The number of aromatic nitrogens is 3. The molecular weight excluding hydrogens is 264 g/mol. The number of anilines is 1. The van der Waals surface area contributed by atoms with Crippen molar-refractivity contribution >= 4 is 5.69 Å². The van der Waals surface area contributed by atoms with Crippen LogP contribution in [0.25, 0.3) is 0 Å². The van der Waals surface area contributed by atoms with Crippen molar-refractivity contribution in [1.29, 1.82) is 0 Å². The summed E-state index contributed by atoms with van der Waals surface area (Å²) < 4.78 is 1.77. The first-order valence-corrected chi connectivity index (χ1v) is 7.34. The molecule has 0 atom stereocenters. The number of benzene rings is 1. The molecule has 1 heterocycles. The van der Waals surface area contributed by atoms with Crippen LogP contribution in [-0.2, 0) is 18.5 Å². The second-order valence-corrected chi connectivity index (χ2v) is 6.20. The predicted octanol–water partition coefficient (Wildman–Crippen LogP) is 2.57. The lowest BCUT2D eigenvalue weighted by Crippen LogP contribution is -2.14. The quantitative estimate of drug-likeness (QED) is 0.857. The standard InChI is InChI=1S/C16H24N4O/c1-16(2,3)14-7-4-5-8-15(14)17-11-13-12-20(19-18-13)9-6-10-21/h4-5,7-8,12,17,21H,6,9-11H2,1-3H3. The third kappa shape index (κ3) is 4.29. The Morgan fingerprint density at radius 2 is 2.00 bits per heavy atom. The van der Waals surface area contributed by atoms with E-state index in [4.69, 9.17) is 5.11 Å². The van der Waals surface area contributed by atoms with Gasteiger partial charge in [0.05, 0.1) is 12.7 Å². The van der Waals surface area contributed by atoms with Crippen LogP contribution in [0.5, 0.6) is 0 Å². The molecule has 2 aromatic rings. The zero-order valence-corrected chi connectivity index (χ0v) is 13.0. The highest BCUT2D eigenvalue weighted by Crippen LogP contribution is 2.29. The topological polar surface area (TPSA) is 63.0 Å². The number of aliphatic hydroxyl groups is 1. The van der Waals surface area contributed by atoms with Crippen LogP contribution in [0.15, 0.2) is 30.5 Å². The molecule has 114 valence electrons. The molecule has 0 unspecified atom stereocenters. The number of nitrogens with zero attached hydrogens (tertiary/aromatic N) is 3. The zero-order valence-electron chi connectivity index (χ0n) is 13.0. The minimum atomic E-state index is 0.0995. The Bertz CT molecular complexity index is 572. The zero-order chi connectivity index (χ0) is 15.3. The van der Waals surface area contributed by atoms with Gasteiger partial charge in [-0.25, -0.2) is 0 Å². The van der Waals surface area contributed by atoms with Crippen molar-refractivity contribution in [2.75, 3.05) is 11.9 Å². The van der Waals surface area contributed by atoms with Crippen LogP contribution in [0, 0.1) is 0 Å². The van der Waals surface area contributed by atoms with Gasteiger partial charge in [0.1, 0.15) is 5.69 Å². The van der Waals surface area contributed by atoms with Crippen molar-refractivity contribution in [2.45, 2.75) is 45.7 Å². The molecule has 0 aliphatic heterocycles. The van der Waals surface area contributed by atoms with Gasteiger partial charge in [-0.05, 0) is 23.5 Å². The fourth-order valence-corrected chi connectivity index (χ4v) is 2.24. The lowest BCUT2D eigenvalue weighted by atomic mass is 9.86. The number of hydrogen-bond acceptors (Lipinski definition) is 4. The van der Waals surface area contributed by atoms with Gasteiger partial charge < -0.3 is 10.4 Å². The second-order valence-electron chi connectivity index (χ2n) is 6.20. The molecule has 2 N–H and O–H groups in total. The molecular formula is C16H24N4O. The SMILES string of the molecule is CC(C)(C)c1ccccc1NCc1cn(CCCO)nn1. The molecule has 21 heavy (non-hydrogen) atoms. The number of hydrogen-bond donors (Lipinski definition) is 2. The smallest absolute Gasteiger partial charge is 0.102 e. The van der Waals surface area contributed by atoms with Crippen LogP contribution in [0.4, 0.5) is 5.69 Å². The number of para-hydroxylation sites is 1. The molecule has 0 amide bonds. The van der Waals surface area contributed by atoms with Crippen LogP contribution in [-0.4, -0.2) is 26.7 Å². The Morgan fingerprint density at radius 3 is 2.71 bits per heavy atom. The molecule has 0 fully saturated rings. The van der Waals surface area contributed by atoms with Gasteiger partial charge in [-0.2, -0.15) is 0 Å². The Labute approximate surface area is 126 Å². The maximum atomic E-state index is 8.82.